The molecule has 1 aromatic heterocycles. The van der Waals surface area contributed by atoms with Gasteiger partial charge in [0.25, 0.3) is 0 Å². The van der Waals surface area contributed by atoms with E-state index in [9.17, 15) is 14.0 Å². The second kappa shape index (κ2) is 8.29. The van der Waals surface area contributed by atoms with Crippen LogP contribution in [0.4, 0.5) is 9.18 Å². The number of primary amides is 1. The van der Waals surface area contributed by atoms with E-state index in [0.717, 1.165) is 10.4 Å². The Morgan fingerprint density at radius 3 is 2.92 bits per heavy atom. The third kappa shape index (κ3) is 4.39. The van der Waals surface area contributed by atoms with E-state index in [-0.39, 0.29) is 24.2 Å². The van der Waals surface area contributed by atoms with E-state index in [1.54, 1.807) is 11.0 Å². The Morgan fingerprint density at radius 1 is 1.38 bits per heavy atom. The van der Waals surface area contributed by atoms with E-state index in [4.69, 9.17) is 5.73 Å². The van der Waals surface area contributed by atoms with E-state index in [1.165, 1.54) is 23.5 Å². The molecule has 138 valence electrons. The first-order valence-electron chi connectivity index (χ1n) is 8.39. The molecule has 1 fully saturated rings. The first kappa shape index (κ1) is 18.3. The van der Waals surface area contributed by atoms with Crippen LogP contribution in [0.3, 0.4) is 0 Å². The van der Waals surface area contributed by atoms with Crippen LogP contribution < -0.4 is 16.4 Å². The van der Waals surface area contributed by atoms with Crippen molar-refractivity contribution in [2.24, 2.45) is 5.73 Å². The highest BCUT2D eigenvalue weighted by Crippen LogP contribution is 2.27. The number of thiophene rings is 1. The number of hydrogen-bond acceptors (Lipinski definition) is 4. The number of halogens is 1. The number of nitrogens with zero attached hydrogens (tertiary/aromatic N) is 1. The Bertz CT molecular complexity index is 768. The fourth-order valence-corrected chi connectivity index (χ4v) is 3.97. The van der Waals surface area contributed by atoms with Gasteiger partial charge in [0.2, 0.25) is 5.91 Å². The summed E-state index contributed by atoms with van der Waals surface area (Å²) in [5.74, 6) is -0.430. The van der Waals surface area contributed by atoms with Gasteiger partial charge in [-0.2, -0.15) is 0 Å². The van der Waals surface area contributed by atoms with Crippen LogP contribution in [0, 0.1) is 5.82 Å². The lowest BCUT2D eigenvalue weighted by molar-refractivity contribution is -0.135. The molecule has 0 spiro atoms. The summed E-state index contributed by atoms with van der Waals surface area (Å²) in [6, 6.07) is 8.64. The van der Waals surface area contributed by atoms with Crippen molar-refractivity contribution in [2.45, 2.75) is 18.5 Å². The number of nitrogens with one attached hydrogen (secondary N) is 2. The molecule has 0 saturated carbocycles. The maximum absolute atomic E-state index is 13.6. The number of piperazine rings is 1. The summed E-state index contributed by atoms with van der Waals surface area (Å²) in [7, 11) is 0. The Hall–Kier alpha value is -2.45. The molecule has 1 aliphatic rings. The second-order valence-corrected chi connectivity index (χ2v) is 7.12. The van der Waals surface area contributed by atoms with Crippen molar-refractivity contribution < 1.29 is 14.0 Å². The van der Waals surface area contributed by atoms with Crippen LogP contribution in [0.15, 0.2) is 41.8 Å². The van der Waals surface area contributed by atoms with E-state index < -0.39 is 12.1 Å². The van der Waals surface area contributed by atoms with Crippen LogP contribution in [0.5, 0.6) is 0 Å². The largest absolute Gasteiger partial charge is 0.352 e. The summed E-state index contributed by atoms with van der Waals surface area (Å²) in [5.41, 5.74) is 6.02. The summed E-state index contributed by atoms with van der Waals surface area (Å²) >= 11 is 1.46. The molecule has 6 nitrogen and oxygen atoms in total. The van der Waals surface area contributed by atoms with Crippen LogP contribution in [-0.2, 0) is 4.79 Å². The molecule has 2 heterocycles. The number of rotatable bonds is 5. The molecule has 0 bridgehead atoms. The van der Waals surface area contributed by atoms with E-state index in [1.807, 2.05) is 23.6 Å². The van der Waals surface area contributed by atoms with E-state index >= 15 is 0 Å². The van der Waals surface area contributed by atoms with Crippen molar-refractivity contribution in [1.29, 1.82) is 0 Å². The zero-order valence-corrected chi connectivity index (χ0v) is 15.0. The van der Waals surface area contributed by atoms with E-state index in [2.05, 4.69) is 10.6 Å². The van der Waals surface area contributed by atoms with Crippen molar-refractivity contribution in [1.82, 2.24) is 15.5 Å². The van der Waals surface area contributed by atoms with Crippen molar-refractivity contribution in [3.05, 3.63) is 58.0 Å². The van der Waals surface area contributed by atoms with Crippen LogP contribution in [0.1, 0.15) is 28.9 Å². The molecule has 1 aliphatic heterocycles. The molecule has 0 aliphatic carbocycles. The molecule has 3 rings (SSSR count). The first-order valence-corrected chi connectivity index (χ1v) is 9.27. The third-order valence-electron chi connectivity index (χ3n) is 4.38. The van der Waals surface area contributed by atoms with Gasteiger partial charge in [-0.15, -0.1) is 11.3 Å². The fourth-order valence-electron chi connectivity index (χ4n) is 3.19. The van der Waals surface area contributed by atoms with Gasteiger partial charge in [-0.25, -0.2) is 9.18 Å². The molecular weight excluding hydrogens is 355 g/mol. The number of nitrogens with two attached hydrogens (primary N) is 1. The van der Waals surface area contributed by atoms with Crippen molar-refractivity contribution in [3.63, 3.8) is 0 Å². The molecule has 2 unspecified atom stereocenters. The van der Waals surface area contributed by atoms with E-state index in [0.29, 0.717) is 19.6 Å². The normalized spacial score (nSPS) is 18.3. The highest BCUT2D eigenvalue weighted by Gasteiger charge is 2.30. The number of benzene rings is 1. The average Bonchev–Trinajstić information content (AvgIpc) is 3.15. The maximum atomic E-state index is 13.6. The van der Waals surface area contributed by atoms with Gasteiger partial charge < -0.3 is 21.3 Å². The third-order valence-corrected chi connectivity index (χ3v) is 5.37. The van der Waals surface area contributed by atoms with Gasteiger partial charge in [0.1, 0.15) is 5.82 Å². The van der Waals surface area contributed by atoms with Crippen LogP contribution in [-0.4, -0.2) is 36.5 Å². The lowest BCUT2D eigenvalue weighted by Gasteiger charge is -2.37. The Balaban J connectivity index is 1.78. The highest BCUT2D eigenvalue weighted by atomic mass is 32.1. The van der Waals surface area contributed by atoms with Crippen LogP contribution >= 0.6 is 11.3 Å². The minimum absolute atomic E-state index is 0.104. The van der Waals surface area contributed by atoms with Gasteiger partial charge in [-0.1, -0.05) is 18.2 Å². The number of carbonyl (C=O) groups is 2. The number of hydrogen-bond donors (Lipinski definition) is 3. The molecule has 2 aromatic rings. The molecule has 4 N–H and O–H groups in total. The second-order valence-electron chi connectivity index (χ2n) is 6.14. The average molecular weight is 376 g/mol. The Labute approximate surface area is 155 Å². The number of carbonyl (C=O) groups excluding carboxylic acids is 2. The number of urea groups is 1. The molecule has 3 amide bonds. The van der Waals surface area contributed by atoms with Crippen LogP contribution in [0.25, 0.3) is 0 Å². The molecular formula is C18H21FN4O2S. The highest BCUT2D eigenvalue weighted by molar-refractivity contribution is 7.10. The van der Waals surface area contributed by atoms with Gasteiger partial charge >= 0.3 is 6.03 Å². The predicted octanol–water partition coefficient (Wildman–Crippen LogP) is 2.16. The summed E-state index contributed by atoms with van der Waals surface area (Å²) < 4.78 is 13.6. The van der Waals surface area contributed by atoms with Gasteiger partial charge in [-0.3, -0.25) is 4.79 Å². The molecule has 26 heavy (non-hydrogen) atoms. The predicted molar refractivity (Wildman–Crippen MR) is 98.1 cm³/mol. The SMILES string of the molecule is NC(=O)NC(CC(=O)N1CCNCC1c1cccc(F)c1)c1cccs1. The summed E-state index contributed by atoms with van der Waals surface area (Å²) in [6.45, 7) is 1.75. The van der Waals surface area contributed by atoms with Gasteiger partial charge in [-0.05, 0) is 29.1 Å². The Kier molecular flexibility index (Phi) is 5.85. The fraction of sp³-hybridized carbons (Fsp3) is 0.333. The summed E-state index contributed by atoms with van der Waals surface area (Å²) in [5, 5.41) is 7.77. The summed E-state index contributed by atoms with van der Waals surface area (Å²) in [4.78, 5) is 26.9. The lowest BCUT2D eigenvalue weighted by Crippen LogP contribution is -2.49. The van der Waals surface area contributed by atoms with Gasteiger partial charge in [0.05, 0.1) is 18.5 Å². The minimum atomic E-state index is -0.668. The number of amides is 3. The molecule has 1 aromatic carbocycles. The minimum Gasteiger partial charge on any atom is -0.352 e. The quantitative estimate of drug-likeness (QED) is 0.747. The van der Waals surface area contributed by atoms with Gasteiger partial charge in [0.15, 0.2) is 0 Å². The maximum Gasteiger partial charge on any atom is 0.312 e. The zero-order valence-electron chi connectivity index (χ0n) is 14.2. The van der Waals surface area contributed by atoms with Gasteiger partial charge in [0, 0.05) is 24.5 Å². The zero-order chi connectivity index (χ0) is 18.5. The Morgan fingerprint density at radius 2 is 2.23 bits per heavy atom. The topological polar surface area (TPSA) is 87.5 Å². The molecule has 2 atom stereocenters. The first-order chi connectivity index (χ1) is 12.5. The monoisotopic (exact) mass is 376 g/mol. The lowest BCUT2D eigenvalue weighted by atomic mass is 10.0. The van der Waals surface area contributed by atoms with Crippen molar-refractivity contribution >= 4 is 23.3 Å². The van der Waals surface area contributed by atoms with Crippen molar-refractivity contribution in [2.75, 3.05) is 19.6 Å². The summed E-state index contributed by atoms with van der Waals surface area (Å²) in [6.07, 6.45) is 0.106. The molecule has 8 heteroatoms. The smallest absolute Gasteiger partial charge is 0.312 e. The molecule has 1 saturated heterocycles. The van der Waals surface area contributed by atoms with Crippen molar-refractivity contribution in [3.8, 4) is 0 Å². The molecule has 0 radical (unpaired) electrons. The van der Waals surface area contributed by atoms with Crippen LogP contribution in [0.2, 0.25) is 0 Å². The standard InChI is InChI=1S/C18H21FN4O2S/c19-13-4-1-3-12(9-13)15-11-21-6-7-23(15)17(24)10-14(22-18(20)25)16-5-2-8-26-16/h1-5,8-9,14-15,21H,6-7,10-11H2,(H3,20,22,25).